The van der Waals surface area contributed by atoms with Gasteiger partial charge in [0.05, 0.1) is 29.9 Å². The molecule has 3 rings (SSSR count). The van der Waals surface area contributed by atoms with Crippen molar-refractivity contribution in [2.24, 2.45) is 0 Å². The van der Waals surface area contributed by atoms with Crippen LogP contribution in [0.5, 0.6) is 17.5 Å². The van der Waals surface area contributed by atoms with E-state index in [0.29, 0.717) is 35.2 Å². The van der Waals surface area contributed by atoms with Gasteiger partial charge in [-0.05, 0) is 76.4 Å². The molecule has 1 atom stereocenters. The van der Waals surface area contributed by atoms with Crippen molar-refractivity contribution >= 4 is 10.0 Å². The number of aryl methyl sites for hydroxylation is 2. The van der Waals surface area contributed by atoms with E-state index in [1.807, 2.05) is 49.6 Å². The number of imidazole rings is 1. The Morgan fingerprint density at radius 3 is 2.34 bits per heavy atom. The number of rotatable bonds is 8. The van der Waals surface area contributed by atoms with E-state index in [1.54, 1.807) is 40.1 Å². The molecule has 0 amide bonds. The van der Waals surface area contributed by atoms with Crippen LogP contribution in [-0.4, -0.2) is 25.1 Å². The van der Waals surface area contributed by atoms with Crippen LogP contribution in [0.2, 0.25) is 0 Å². The summed E-state index contributed by atoms with van der Waals surface area (Å²) in [6, 6.07) is 9.36. The zero-order valence-electron chi connectivity index (χ0n) is 19.7. The number of hydrogen-bond acceptors (Lipinski definition) is 5. The molecule has 7 nitrogen and oxygen atoms in total. The van der Waals surface area contributed by atoms with Crippen LogP contribution in [0.1, 0.15) is 47.8 Å². The van der Waals surface area contributed by atoms with Crippen molar-refractivity contribution in [3.63, 3.8) is 0 Å². The Kier molecular flexibility index (Phi) is 6.95. The lowest BCUT2D eigenvalue weighted by Crippen LogP contribution is -2.29. The van der Waals surface area contributed by atoms with Crippen molar-refractivity contribution in [2.75, 3.05) is 7.11 Å². The van der Waals surface area contributed by atoms with Crippen molar-refractivity contribution in [1.29, 1.82) is 0 Å². The molecule has 0 aliphatic heterocycles. The predicted octanol–water partition coefficient (Wildman–Crippen LogP) is 4.98. The Balaban J connectivity index is 1.90. The molecule has 0 aliphatic carbocycles. The SMILES string of the molecule is CCn1c(C(C)NS(=O)(=O)c2c(C)cc(OC)c(C)c2C)cnc1Oc1ccc(C)cc1. The van der Waals surface area contributed by atoms with Crippen LogP contribution in [0, 0.1) is 27.7 Å². The van der Waals surface area contributed by atoms with Gasteiger partial charge < -0.3 is 9.47 Å². The first-order chi connectivity index (χ1) is 15.1. The van der Waals surface area contributed by atoms with Crippen molar-refractivity contribution in [3.8, 4) is 17.5 Å². The Morgan fingerprint density at radius 1 is 1.09 bits per heavy atom. The number of methoxy groups -OCH3 is 1. The zero-order chi connectivity index (χ0) is 23.6. The zero-order valence-corrected chi connectivity index (χ0v) is 20.5. The van der Waals surface area contributed by atoms with Gasteiger partial charge in [0, 0.05) is 6.54 Å². The highest BCUT2D eigenvalue weighted by Crippen LogP contribution is 2.32. The van der Waals surface area contributed by atoms with Crippen molar-refractivity contribution < 1.29 is 17.9 Å². The van der Waals surface area contributed by atoms with Crippen molar-refractivity contribution in [3.05, 3.63) is 64.5 Å². The van der Waals surface area contributed by atoms with Gasteiger partial charge in [-0.15, -0.1) is 0 Å². The summed E-state index contributed by atoms with van der Waals surface area (Å²) in [7, 11) is -2.20. The third kappa shape index (κ3) is 4.66. The molecule has 1 unspecified atom stereocenters. The average Bonchev–Trinajstić information content (AvgIpc) is 3.14. The summed E-state index contributed by atoms with van der Waals surface area (Å²) in [6.07, 6.45) is 1.65. The van der Waals surface area contributed by atoms with Crippen LogP contribution in [0.15, 0.2) is 41.4 Å². The maximum absolute atomic E-state index is 13.3. The predicted molar refractivity (Wildman–Crippen MR) is 125 cm³/mol. The fraction of sp³-hybridized carbons (Fsp3) is 0.375. The van der Waals surface area contributed by atoms with E-state index in [1.165, 1.54) is 0 Å². The van der Waals surface area contributed by atoms with Crippen molar-refractivity contribution in [1.82, 2.24) is 14.3 Å². The van der Waals surface area contributed by atoms with E-state index in [4.69, 9.17) is 9.47 Å². The Hall–Kier alpha value is -2.84. The average molecular weight is 458 g/mol. The summed E-state index contributed by atoms with van der Waals surface area (Å²) in [6.45, 7) is 11.8. The molecule has 8 heteroatoms. The van der Waals surface area contributed by atoms with E-state index in [-0.39, 0.29) is 4.90 Å². The van der Waals surface area contributed by atoms with Gasteiger partial charge in [0.15, 0.2) is 0 Å². The van der Waals surface area contributed by atoms with Crippen LogP contribution in [-0.2, 0) is 16.6 Å². The van der Waals surface area contributed by atoms with Crippen LogP contribution < -0.4 is 14.2 Å². The Morgan fingerprint density at radius 2 is 1.75 bits per heavy atom. The maximum Gasteiger partial charge on any atom is 0.302 e. The van der Waals surface area contributed by atoms with E-state index in [9.17, 15) is 8.42 Å². The third-order valence-electron chi connectivity index (χ3n) is 5.64. The van der Waals surface area contributed by atoms with Crippen molar-refractivity contribution in [2.45, 2.75) is 59.0 Å². The topological polar surface area (TPSA) is 82.5 Å². The summed E-state index contributed by atoms with van der Waals surface area (Å²) in [5, 5.41) is 0. The van der Waals surface area contributed by atoms with Crippen LogP contribution >= 0.6 is 0 Å². The molecule has 172 valence electrons. The maximum atomic E-state index is 13.3. The molecule has 0 aliphatic rings. The molecular weight excluding hydrogens is 426 g/mol. The lowest BCUT2D eigenvalue weighted by molar-refractivity contribution is 0.408. The monoisotopic (exact) mass is 457 g/mol. The van der Waals surface area contributed by atoms with Crippen LogP contribution in [0.25, 0.3) is 0 Å². The third-order valence-corrected chi connectivity index (χ3v) is 7.47. The standard InChI is InChI=1S/C24H31N3O4S/c1-8-27-21(14-25-24(27)31-20-11-9-15(2)10-12-20)19(6)26-32(28,29)23-16(3)13-22(30-7)17(4)18(23)5/h9-14,19,26H,8H2,1-7H3. The number of hydrogen-bond donors (Lipinski definition) is 1. The molecule has 1 heterocycles. The Labute approximate surface area is 190 Å². The smallest absolute Gasteiger partial charge is 0.302 e. The Bertz CT molecular complexity index is 1220. The molecule has 0 saturated heterocycles. The highest BCUT2D eigenvalue weighted by atomic mass is 32.2. The molecule has 0 spiro atoms. The van der Waals surface area contributed by atoms with Gasteiger partial charge in [0.1, 0.15) is 11.5 Å². The minimum atomic E-state index is -3.78. The molecule has 2 aromatic carbocycles. The van der Waals surface area contributed by atoms with Crippen LogP contribution in [0.3, 0.4) is 0 Å². The first kappa shape index (κ1) is 23.8. The number of benzene rings is 2. The molecule has 3 aromatic rings. The second-order valence-corrected chi connectivity index (χ2v) is 9.59. The summed E-state index contributed by atoms with van der Waals surface area (Å²) in [4.78, 5) is 4.67. The van der Waals surface area contributed by atoms with Gasteiger partial charge in [-0.2, -0.15) is 0 Å². The molecule has 0 bridgehead atoms. The van der Waals surface area contributed by atoms with E-state index < -0.39 is 16.1 Å². The summed E-state index contributed by atoms with van der Waals surface area (Å²) < 4.78 is 42.6. The molecule has 0 saturated carbocycles. The first-order valence-corrected chi connectivity index (χ1v) is 12.0. The minimum Gasteiger partial charge on any atom is -0.496 e. The van der Waals surface area contributed by atoms with Gasteiger partial charge in [0.25, 0.3) is 0 Å². The molecule has 32 heavy (non-hydrogen) atoms. The number of aromatic nitrogens is 2. The second-order valence-electron chi connectivity index (χ2n) is 7.94. The fourth-order valence-electron chi connectivity index (χ4n) is 3.83. The van der Waals surface area contributed by atoms with Gasteiger partial charge in [-0.25, -0.2) is 18.1 Å². The second kappa shape index (κ2) is 9.34. The van der Waals surface area contributed by atoms with Gasteiger partial charge >= 0.3 is 6.01 Å². The molecular formula is C24H31N3O4S. The molecule has 1 aromatic heterocycles. The highest BCUT2D eigenvalue weighted by Gasteiger charge is 2.27. The number of sulfonamides is 1. The number of ether oxygens (including phenoxy) is 2. The highest BCUT2D eigenvalue weighted by molar-refractivity contribution is 7.89. The van der Waals surface area contributed by atoms with Gasteiger partial charge in [0.2, 0.25) is 10.0 Å². The summed E-state index contributed by atoms with van der Waals surface area (Å²) >= 11 is 0. The minimum absolute atomic E-state index is 0.279. The fourth-order valence-corrected chi connectivity index (χ4v) is 5.57. The van der Waals surface area contributed by atoms with Gasteiger partial charge in [-0.1, -0.05) is 17.7 Å². The summed E-state index contributed by atoms with van der Waals surface area (Å²) in [5.74, 6) is 1.35. The lowest BCUT2D eigenvalue weighted by Gasteiger charge is -2.20. The van der Waals surface area contributed by atoms with E-state index in [2.05, 4.69) is 9.71 Å². The number of nitrogens with one attached hydrogen (secondary N) is 1. The van der Waals surface area contributed by atoms with E-state index in [0.717, 1.165) is 16.8 Å². The lowest BCUT2D eigenvalue weighted by atomic mass is 10.1. The quantitative estimate of drug-likeness (QED) is 0.516. The molecule has 0 fully saturated rings. The van der Waals surface area contributed by atoms with Gasteiger partial charge in [-0.3, -0.25) is 4.57 Å². The van der Waals surface area contributed by atoms with Crippen LogP contribution in [0.4, 0.5) is 0 Å². The summed E-state index contributed by atoms with van der Waals surface area (Å²) in [5.41, 5.74) is 3.97. The molecule has 1 N–H and O–H groups in total. The molecule has 0 radical (unpaired) electrons. The number of nitrogens with zero attached hydrogens (tertiary/aromatic N) is 2. The first-order valence-electron chi connectivity index (χ1n) is 10.6. The largest absolute Gasteiger partial charge is 0.496 e. The normalized spacial score (nSPS) is 12.6. The van der Waals surface area contributed by atoms with E-state index >= 15 is 0 Å².